The summed E-state index contributed by atoms with van der Waals surface area (Å²) < 4.78 is 0. The Morgan fingerprint density at radius 3 is 1.89 bits per heavy atom. The summed E-state index contributed by atoms with van der Waals surface area (Å²) in [4.78, 5) is 30.9. The zero-order valence-electron chi connectivity index (χ0n) is 16.6. The predicted molar refractivity (Wildman–Crippen MR) is 111 cm³/mol. The fourth-order valence-electron chi connectivity index (χ4n) is 5.33. The lowest BCUT2D eigenvalue weighted by Crippen LogP contribution is -2.60. The van der Waals surface area contributed by atoms with Gasteiger partial charge in [0.2, 0.25) is 5.91 Å². The predicted octanol–water partition coefficient (Wildman–Crippen LogP) is 5.11. The van der Waals surface area contributed by atoms with E-state index in [1.807, 2.05) is 34.1 Å². The molecule has 5 heteroatoms. The first-order chi connectivity index (χ1) is 13.6. The van der Waals surface area contributed by atoms with E-state index in [0.717, 1.165) is 56.9 Å². The van der Waals surface area contributed by atoms with Gasteiger partial charge in [0, 0.05) is 17.1 Å². The van der Waals surface area contributed by atoms with Crippen molar-refractivity contribution in [2.75, 3.05) is 6.54 Å². The molecule has 0 bridgehead atoms. The highest BCUT2D eigenvalue weighted by atomic mass is 35.5. The minimum absolute atomic E-state index is 0.109. The molecule has 4 rings (SSSR count). The molecule has 28 heavy (non-hydrogen) atoms. The fourth-order valence-corrected chi connectivity index (χ4v) is 5.45. The van der Waals surface area contributed by atoms with Gasteiger partial charge in [0.1, 0.15) is 12.6 Å². The summed E-state index contributed by atoms with van der Waals surface area (Å²) in [5.74, 6) is 0.232. The largest absolute Gasteiger partial charge is 0.328 e. The van der Waals surface area contributed by atoms with Crippen LogP contribution in [-0.4, -0.2) is 40.2 Å². The van der Waals surface area contributed by atoms with E-state index in [1.54, 1.807) is 0 Å². The van der Waals surface area contributed by atoms with Crippen LogP contribution in [-0.2, 0) is 9.59 Å². The zero-order valence-corrected chi connectivity index (χ0v) is 17.4. The van der Waals surface area contributed by atoms with Crippen molar-refractivity contribution in [3.63, 3.8) is 0 Å². The highest BCUT2D eigenvalue weighted by Crippen LogP contribution is 2.36. The van der Waals surface area contributed by atoms with E-state index < -0.39 is 6.04 Å². The van der Waals surface area contributed by atoms with Gasteiger partial charge < -0.3 is 9.80 Å². The van der Waals surface area contributed by atoms with Gasteiger partial charge >= 0.3 is 0 Å². The zero-order chi connectivity index (χ0) is 19.5. The van der Waals surface area contributed by atoms with Crippen LogP contribution in [0.4, 0.5) is 0 Å². The third-order valence-electron chi connectivity index (χ3n) is 6.81. The Bertz CT molecular complexity index is 691. The van der Waals surface area contributed by atoms with E-state index in [2.05, 4.69) is 0 Å². The van der Waals surface area contributed by atoms with Crippen LogP contribution in [0, 0.1) is 0 Å². The van der Waals surface area contributed by atoms with E-state index in [4.69, 9.17) is 11.6 Å². The lowest BCUT2D eigenvalue weighted by atomic mass is 9.90. The quantitative estimate of drug-likeness (QED) is 0.659. The maximum atomic E-state index is 13.7. The number of hydrogen-bond donors (Lipinski definition) is 0. The van der Waals surface area contributed by atoms with Gasteiger partial charge in [0.25, 0.3) is 5.91 Å². The van der Waals surface area contributed by atoms with Crippen molar-refractivity contribution in [1.82, 2.24) is 9.80 Å². The molecule has 0 radical (unpaired) electrons. The van der Waals surface area contributed by atoms with Gasteiger partial charge in [-0.05, 0) is 43.4 Å². The number of benzene rings is 1. The Morgan fingerprint density at radius 1 is 0.750 bits per heavy atom. The molecule has 4 nitrogen and oxygen atoms in total. The van der Waals surface area contributed by atoms with Crippen molar-refractivity contribution in [1.29, 1.82) is 0 Å². The van der Waals surface area contributed by atoms with Crippen molar-refractivity contribution >= 4 is 23.4 Å². The molecule has 1 saturated heterocycles. The van der Waals surface area contributed by atoms with Crippen molar-refractivity contribution < 1.29 is 9.59 Å². The number of carbonyl (C=O) groups is 2. The van der Waals surface area contributed by atoms with Gasteiger partial charge in [0.05, 0.1) is 0 Å². The molecule has 2 saturated carbocycles. The third-order valence-corrected chi connectivity index (χ3v) is 7.06. The Kier molecular flexibility index (Phi) is 6.25. The first-order valence-electron chi connectivity index (χ1n) is 11.0. The minimum Gasteiger partial charge on any atom is -0.328 e. The molecule has 152 valence electrons. The first kappa shape index (κ1) is 19.8. The third kappa shape index (κ3) is 4.07. The molecule has 1 aromatic carbocycles. The summed E-state index contributed by atoms with van der Waals surface area (Å²) in [5.41, 5.74) is 0.896. The van der Waals surface area contributed by atoms with Crippen LogP contribution in [0.15, 0.2) is 24.3 Å². The molecule has 1 unspecified atom stereocenters. The molecule has 1 atom stereocenters. The lowest BCUT2D eigenvalue weighted by Gasteiger charge is -2.47. The SMILES string of the molecule is O=C1C(c2ccc(Cl)cc2)N(C2CCCCCC2)C(=O)CN1C1CCCCC1. The number of nitrogens with zero attached hydrogens (tertiary/aromatic N) is 2. The van der Waals surface area contributed by atoms with E-state index in [1.165, 1.54) is 19.3 Å². The lowest BCUT2D eigenvalue weighted by molar-refractivity contribution is -0.162. The second kappa shape index (κ2) is 8.86. The number of amides is 2. The molecular formula is C23H31ClN2O2. The van der Waals surface area contributed by atoms with E-state index in [9.17, 15) is 9.59 Å². The molecule has 2 aliphatic carbocycles. The maximum Gasteiger partial charge on any atom is 0.250 e. The summed E-state index contributed by atoms with van der Waals surface area (Å²) >= 11 is 6.10. The molecule has 0 aromatic heterocycles. The van der Waals surface area contributed by atoms with Crippen molar-refractivity contribution in [3.8, 4) is 0 Å². The highest BCUT2D eigenvalue weighted by Gasteiger charge is 2.45. The molecule has 1 heterocycles. The van der Waals surface area contributed by atoms with Crippen LogP contribution >= 0.6 is 11.6 Å². The first-order valence-corrected chi connectivity index (χ1v) is 11.4. The summed E-state index contributed by atoms with van der Waals surface area (Å²) in [6, 6.07) is 7.41. The average Bonchev–Trinajstić information content (AvgIpc) is 3.00. The molecule has 3 aliphatic rings. The van der Waals surface area contributed by atoms with Crippen molar-refractivity contribution in [2.24, 2.45) is 0 Å². The van der Waals surface area contributed by atoms with E-state index >= 15 is 0 Å². The summed E-state index contributed by atoms with van der Waals surface area (Å²) in [6.07, 6.45) is 12.3. The Balaban J connectivity index is 1.67. The van der Waals surface area contributed by atoms with Gasteiger partial charge in [0.15, 0.2) is 0 Å². The number of carbonyl (C=O) groups excluding carboxylic acids is 2. The van der Waals surface area contributed by atoms with Crippen LogP contribution in [0.25, 0.3) is 0 Å². The van der Waals surface area contributed by atoms with Gasteiger partial charge in [-0.15, -0.1) is 0 Å². The van der Waals surface area contributed by atoms with E-state index in [-0.39, 0.29) is 30.4 Å². The molecular weight excluding hydrogens is 372 g/mol. The monoisotopic (exact) mass is 402 g/mol. The molecule has 3 fully saturated rings. The topological polar surface area (TPSA) is 40.6 Å². The standard InChI is InChI=1S/C23H31ClN2O2/c24-18-14-12-17(13-15-18)22-23(28)25(19-8-6-3-7-9-19)16-21(27)26(22)20-10-4-1-2-5-11-20/h12-15,19-20,22H,1-11,16H2. The van der Waals surface area contributed by atoms with Gasteiger partial charge in [-0.1, -0.05) is 68.7 Å². The minimum atomic E-state index is -0.497. The summed E-state index contributed by atoms with van der Waals surface area (Å²) in [5, 5.41) is 0.656. The number of hydrogen-bond acceptors (Lipinski definition) is 2. The van der Waals surface area contributed by atoms with Crippen LogP contribution < -0.4 is 0 Å². The molecule has 0 N–H and O–H groups in total. The van der Waals surface area contributed by atoms with Gasteiger partial charge in [-0.3, -0.25) is 9.59 Å². The van der Waals surface area contributed by atoms with Crippen molar-refractivity contribution in [3.05, 3.63) is 34.9 Å². The van der Waals surface area contributed by atoms with Crippen LogP contribution in [0.3, 0.4) is 0 Å². The average molecular weight is 403 g/mol. The maximum absolute atomic E-state index is 13.7. The second-order valence-electron chi connectivity index (χ2n) is 8.66. The second-order valence-corrected chi connectivity index (χ2v) is 9.09. The van der Waals surface area contributed by atoms with Crippen molar-refractivity contribution in [2.45, 2.75) is 88.8 Å². The van der Waals surface area contributed by atoms with Gasteiger partial charge in [-0.2, -0.15) is 0 Å². The normalized spacial score (nSPS) is 25.8. The van der Waals surface area contributed by atoms with Gasteiger partial charge in [-0.25, -0.2) is 0 Å². The fraction of sp³-hybridized carbons (Fsp3) is 0.652. The smallest absolute Gasteiger partial charge is 0.250 e. The Labute approximate surface area is 173 Å². The molecule has 1 aliphatic heterocycles. The number of rotatable bonds is 3. The number of piperazine rings is 1. The molecule has 1 aromatic rings. The molecule has 0 spiro atoms. The van der Waals surface area contributed by atoms with Crippen LogP contribution in [0.5, 0.6) is 0 Å². The Hall–Kier alpha value is -1.55. The number of halogens is 1. The van der Waals surface area contributed by atoms with Crippen LogP contribution in [0.2, 0.25) is 5.02 Å². The summed E-state index contributed by atoms with van der Waals surface area (Å²) in [6.45, 7) is 0.254. The summed E-state index contributed by atoms with van der Waals surface area (Å²) in [7, 11) is 0. The molecule has 2 amide bonds. The van der Waals surface area contributed by atoms with E-state index in [0.29, 0.717) is 5.02 Å². The Morgan fingerprint density at radius 2 is 1.29 bits per heavy atom. The van der Waals surface area contributed by atoms with Crippen LogP contribution in [0.1, 0.15) is 82.2 Å². The highest BCUT2D eigenvalue weighted by molar-refractivity contribution is 6.30.